The standard InChI is InChI=1S/C19H24O4/c1-2-3-10-21-12-14-7-8-17(20)16(14)13-23-19-6-4-5-18-15(19)9-11-22-18/h4-6,9,11,14,16H,2-3,7-8,10,12-13H2,1H3/t14-,16-/m1/s1. The molecular formula is C19H24O4. The predicted octanol–water partition coefficient (Wildman–Crippen LogP) is 4.22. The molecule has 4 heteroatoms. The molecule has 0 aliphatic heterocycles. The van der Waals surface area contributed by atoms with Crippen LogP contribution in [0.3, 0.4) is 0 Å². The van der Waals surface area contributed by atoms with Gasteiger partial charge in [0.05, 0.1) is 30.8 Å². The Bertz CT molecular complexity index is 646. The molecule has 1 aliphatic rings. The van der Waals surface area contributed by atoms with Gasteiger partial charge in [-0.2, -0.15) is 0 Å². The lowest BCUT2D eigenvalue weighted by Crippen LogP contribution is -2.25. The molecule has 1 heterocycles. The highest BCUT2D eigenvalue weighted by atomic mass is 16.5. The quantitative estimate of drug-likeness (QED) is 0.684. The lowest BCUT2D eigenvalue weighted by molar-refractivity contribution is -0.122. The number of Topliss-reactive ketones (excluding diaryl/α,β-unsaturated/α-hetero) is 1. The minimum atomic E-state index is -0.0567. The van der Waals surface area contributed by atoms with Gasteiger partial charge in [0.2, 0.25) is 0 Å². The minimum Gasteiger partial charge on any atom is -0.492 e. The molecule has 0 amide bonds. The maximum atomic E-state index is 12.2. The number of benzene rings is 1. The summed E-state index contributed by atoms with van der Waals surface area (Å²) in [7, 11) is 0. The molecule has 0 spiro atoms. The van der Waals surface area contributed by atoms with Crippen LogP contribution in [0.5, 0.6) is 5.75 Å². The zero-order chi connectivity index (χ0) is 16.1. The highest BCUT2D eigenvalue weighted by Gasteiger charge is 2.35. The number of unbranched alkanes of at least 4 members (excludes halogenated alkanes) is 1. The summed E-state index contributed by atoms with van der Waals surface area (Å²) >= 11 is 0. The van der Waals surface area contributed by atoms with Crippen molar-refractivity contribution in [3.05, 3.63) is 30.5 Å². The number of rotatable bonds is 8. The van der Waals surface area contributed by atoms with E-state index in [1.54, 1.807) is 6.26 Å². The zero-order valence-corrected chi connectivity index (χ0v) is 13.6. The third-order valence-electron chi connectivity index (χ3n) is 4.59. The van der Waals surface area contributed by atoms with Crippen LogP contribution in [0, 0.1) is 11.8 Å². The molecule has 4 nitrogen and oxygen atoms in total. The van der Waals surface area contributed by atoms with Gasteiger partial charge in [-0.15, -0.1) is 0 Å². The fraction of sp³-hybridized carbons (Fsp3) is 0.526. The Balaban J connectivity index is 1.59. The average Bonchev–Trinajstić information content (AvgIpc) is 3.17. The van der Waals surface area contributed by atoms with Crippen LogP contribution >= 0.6 is 0 Å². The Hall–Kier alpha value is -1.81. The van der Waals surface area contributed by atoms with E-state index < -0.39 is 0 Å². The number of furan rings is 1. The third kappa shape index (κ3) is 3.75. The summed E-state index contributed by atoms with van der Waals surface area (Å²) < 4.78 is 17.1. The molecule has 0 saturated heterocycles. The van der Waals surface area contributed by atoms with Crippen molar-refractivity contribution in [2.45, 2.75) is 32.6 Å². The van der Waals surface area contributed by atoms with Crippen molar-refractivity contribution in [2.75, 3.05) is 19.8 Å². The van der Waals surface area contributed by atoms with E-state index in [9.17, 15) is 4.79 Å². The SMILES string of the molecule is CCCCOC[C@H]1CCC(=O)[C@@H]1COc1cccc2occc12. The molecule has 1 aromatic heterocycles. The largest absolute Gasteiger partial charge is 0.492 e. The molecule has 3 rings (SSSR count). The second kappa shape index (κ2) is 7.64. The first-order chi connectivity index (χ1) is 11.3. The van der Waals surface area contributed by atoms with Crippen molar-refractivity contribution in [2.24, 2.45) is 11.8 Å². The van der Waals surface area contributed by atoms with Crippen molar-refractivity contribution in [1.82, 2.24) is 0 Å². The Morgan fingerprint density at radius 2 is 2.17 bits per heavy atom. The maximum Gasteiger partial charge on any atom is 0.139 e. The van der Waals surface area contributed by atoms with E-state index in [1.165, 1.54) is 0 Å². The third-order valence-corrected chi connectivity index (χ3v) is 4.59. The number of hydrogen-bond donors (Lipinski definition) is 0. The molecular weight excluding hydrogens is 292 g/mol. The Morgan fingerprint density at radius 1 is 1.26 bits per heavy atom. The Morgan fingerprint density at radius 3 is 3.04 bits per heavy atom. The van der Waals surface area contributed by atoms with Crippen LogP contribution in [-0.2, 0) is 9.53 Å². The van der Waals surface area contributed by atoms with Crippen molar-refractivity contribution in [1.29, 1.82) is 0 Å². The van der Waals surface area contributed by atoms with Crippen LogP contribution in [0.4, 0.5) is 0 Å². The van der Waals surface area contributed by atoms with E-state index in [0.29, 0.717) is 25.4 Å². The van der Waals surface area contributed by atoms with Crippen LogP contribution in [0.15, 0.2) is 34.9 Å². The summed E-state index contributed by atoms with van der Waals surface area (Å²) in [6, 6.07) is 7.63. The summed E-state index contributed by atoms with van der Waals surface area (Å²) in [6.45, 7) is 4.01. The fourth-order valence-corrected chi connectivity index (χ4v) is 3.16. The second-order valence-electron chi connectivity index (χ2n) is 6.20. The first-order valence-electron chi connectivity index (χ1n) is 8.49. The molecule has 0 bridgehead atoms. The van der Waals surface area contributed by atoms with Crippen molar-refractivity contribution in [3.63, 3.8) is 0 Å². The highest BCUT2D eigenvalue weighted by molar-refractivity contribution is 5.85. The molecule has 1 saturated carbocycles. The van der Waals surface area contributed by atoms with Gasteiger partial charge in [0.15, 0.2) is 0 Å². The van der Waals surface area contributed by atoms with Crippen molar-refractivity contribution >= 4 is 16.8 Å². The predicted molar refractivity (Wildman–Crippen MR) is 88.7 cm³/mol. The van der Waals surface area contributed by atoms with Crippen LogP contribution in [0.1, 0.15) is 32.6 Å². The van der Waals surface area contributed by atoms with E-state index in [0.717, 1.165) is 42.6 Å². The molecule has 2 atom stereocenters. The lowest BCUT2D eigenvalue weighted by atomic mass is 9.97. The molecule has 1 aliphatic carbocycles. The van der Waals surface area contributed by atoms with Gasteiger partial charge < -0.3 is 13.9 Å². The number of hydrogen-bond acceptors (Lipinski definition) is 4. The Kier molecular flexibility index (Phi) is 5.34. The monoisotopic (exact) mass is 316 g/mol. The highest BCUT2D eigenvalue weighted by Crippen LogP contribution is 2.32. The molecule has 2 aromatic rings. The zero-order valence-electron chi connectivity index (χ0n) is 13.6. The molecule has 0 unspecified atom stereocenters. The Labute approximate surface area is 136 Å². The molecule has 124 valence electrons. The second-order valence-corrected chi connectivity index (χ2v) is 6.20. The van der Waals surface area contributed by atoms with Gasteiger partial charge in [0.1, 0.15) is 17.1 Å². The number of carbonyl (C=O) groups is 1. The van der Waals surface area contributed by atoms with E-state index in [2.05, 4.69) is 6.92 Å². The van der Waals surface area contributed by atoms with Crippen molar-refractivity contribution < 1.29 is 18.7 Å². The van der Waals surface area contributed by atoms with Crippen LogP contribution in [0.2, 0.25) is 0 Å². The van der Waals surface area contributed by atoms with Crippen molar-refractivity contribution in [3.8, 4) is 5.75 Å². The fourth-order valence-electron chi connectivity index (χ4n) is 3.16. The first-order valence-corrected chi connectivity index (χ1v) is 8.49. The smallest absolute Gasteiger partial charge is 0.139 e. The van der Waals surface area contributed by atoms with Gasteiger partial charge in [-0.1, -0.05) is 19.4 Å². The molecule has 23 heavy (non-hydrogen) atoms. The van der Waals surface area contributed by atoms with Gasteiger partial charge >= 0.3 is 0 Å². The van der Waals surface area contributed by atoms with Crippen LogP contribution in [0.25, 0.3) is 11.0 Å². The van der Waals surface area contributed by atoms with E-state index in [-0.39, 0.29) is 11.8 Å². The van der Waals surface area contributed by atoms with Gasteiger partial charge in [0.25, 0.3) is 0 Å². The topological polar surface area (TPSA) is 48.7 Å². The first kappa shape index (κ1) is 16.1. The minimum absolute atomic E-state index is 0.0567. The lowest BCUT2D eigenvalue weighted by Gasteiger charge is -2.19. The number of ether oxygens (including phenoxy) is 2. The van der Waals surface area contributed by atoms with E-state index in [1.807, 2.05) is 24.3 Å². The summed E-state index contributed by atoms with van der Waals surface area (Å²) in [6.07, 6.45) is 5.42. The molecule has 1 fully saturated rings. The summed E-state index contributed by atoms with van der Waals surface area (Å²) in [5.41, 5.74) is 0.805. The van der Waals surface area contributed by atoms with E-state index >= 15 is 0 Å². The van der Waals surface area contributed by atoms with Crippen LogP contribution < -0.4 is 4.74 Å². The normalized spacial score (nSPS) is 21.2. The number of ketones is 1. The average molecular weight is 316 g/mol. The molecule has 0 radical (unpaired) electrons. The van der Waals surface area contributed by atoms with Gasteiger partial charge in [-0.25, -0.2) is 0 Å². The van der Waals surface area contributed by atoms with Gasteiger partial charge in [-0.05, 0) is 37.0 Å². The maximum absolute atomic E-state index is 12.2. The summed E-state index contributed by atoms with van der Waals surface area (Å²) in [5.74, 6) is 1.30. The van der Waals surface area contributed by atoms with Gasteiger partial charge in [-0.3, -0.25) is 4.79 Å². The number of fused-ring (bicyclic) bond motifs is 1. The van der Waals surface area contributed by atoms with Crippen LogP contribution in [-0.4, -0.2) is 25.6 Å². The summed E-state index contributed by atoms with van der Waals surface area (Å²) in [4.78, 5) is 12.2. The van der Waals surface area contributed by atoms with Gasteiger partial charge in [0, 0.05) is 13.0 Å². The molecule has 1 aromatic carbocycles. The molecule has 0 N–H and O–H groups in total. The summed E-state index contributed by atoms with van der Waals surface area (Å²) in [5, 5.41) is 0.952. The van der Waals surface area contributed by atoms with E-state index in [4.69, 9.17) is 13.9 Å². The number of carbonyl (C=O) groups excluding carboxylic acids is 1.